The number of halogens is 1. The Morgan fingerprint density at radius 3 is 3.00 bits per heavy atom. The van der Waals surface area contributed by atoms with Gasteiger partial charge in [-0.05, 0) is 31.5 Å². The summed E-state index contributed by atoms with van der Waals surface area (Å²) >= 11 is 3.27. The van der Waals surface area contributed by atoms with Crippen molar-refractivity contribution in [1.29, 1.82) is 0 Å². The van der Waals surface area contributed by atoms with Gasteiger partial charge in [0.2, 0.25) is 0 Å². The molecule has 92 valence electrons. The highest BCUT2D eigenvalue weighted by atomic mass is 79.9. The second-order valence-electron chi connectivity index (χ2n) is 4.11. The van der Waals surface area contributed by atoms with Crippen LogP contribution in [0.15, 0.2) is 22.7 Å². The molecule has 1 heterocycles. The minimum Gasteiger partial charge on any atom is -0.507 e. The fourth-order valence-electron chi connectivity index (χ4n) is 1.86. The highest BCUT2D eigenvalue weighted by molar-refractivity contribution is 9.10. The number of aromatic hydroxyl groups is 1. The van der Waals surface area contributed by atoms with Gasteiger partial charge in [0.05, 0.1) is 17.7 Å². The molecule has 1 aliphatic heterocycles. The predicted molar refractivity (Wildman–Crippen MR) is 67.1 cm³/mol. The third-order valence-corrected chi connectivity index (χ3v) is 3.39. The first-order valence-corrected chi connectivity index (χ1v) is 6.28. The Labute approximate surface area is 108 Å². The van der Waals surface area contributed by atoms with Crippen molar-refractivity contribution in [3.8, 4) is 5.75 Å². The Balaban J connectivity index is 2.11. The van der Waals surface area contributed by atoms with E-state index in [0.717, 1.165) is 10.9 Å². The summed E-state index contributed by atoms with van der Waals surface area (Å²) < 4.78 is 6.13. The van der Waals surface area contributed by atoms with Crippen LogP contribution in [0.2, 0.25) is 0 Å². The lowest BCUT2D eigenvalue weighted by Crippen LogP contribution is -2.39. The molecule has 1 amide bonds. The molecule has 0 aliphatic carbocycles. The minimum atomic E-state index is -0.272. The lowest BCUT2D eigenvalue weighted by molar-refractivity contribution is 0.0864. The maximum atomic E-state index is 12.0. The molecule has 1 aromatic rings. The summed E-state index contributed by atoms with van der Waals surface area (Å²) in [6.45, 7) is 2.59. The first kappa shape index (κ1) is 12.4. The molecule has 0 saturated carbocycles. The summed E-state index contributed by atoms with van der Waals surface area (Å²) in [6, 6.07) is 4.80. The van der Waals surface area contributed by atoms with Gasteiger partial charge in [0, 0.05) is 11.1 Å². The standard InChI is InChI=1S/C12H14BrNO3/c1-7-10(4-5-17-7)14-12(16)9-6-8(13)2-3-11(9)15/h2-3,6-7,10,15H,4-5H2,1H3,(H,14,16). The Morgan fingerprint density at radius 1 is 1.59 bits per heavy atom. The van der Waals surface area contributed by atoms with Crippen molar-refractivity contribution in [2.24, 2.45) is 0 Å². The largest absolute Gasteiger partial charge is 0.507 e. The Bertz CT molecular complexity index is 436. The molecule has 1 saturated heterocycles. The zero-order valence-corrected chi connectivity index (χ0v) is 11.0. The zero-order valence-electron chi connectivity index (χ0n) is 9.44. The lowest BCUT2D eigenvalue weighted by Gasteiger charge is -2.16. The number of hydrogen-bond donors (Lipinski definition) is 2. The second-order valence-corrected chi connectivity index (χ2v) is 5.02. The van der Waals surface area contributed by atoms with E-state index in [1.54, 1.807) is 12.1 Å². The van der Waals surface area contributed by atoms with E-state index in [4.69, 9.17) is 4.74 Å². The number of phenolic OH excluding ortho intramolecular Hbond substituents is 1. The summed E-state index contributed by atoms with van der Waals surface area (Å²) in [4.78, 5) is 12.0. The number of amides is 1. The van der Waals surface area contributed by atoms with Gasteiger partial charge in [-0.2, -0.15) is 0 Å². The Hall–Kier alpha value is -1.07. The molecule has 2 atom stereocenters. The van der Waals surface area contributed by atoms with Crippen molar-refractivity contribution in [3.63, 3.8) is 0 Å². The van der Waals surface area contributed by atoms with E-state index in [1.807, 2.05) is 6.92 Å². The smallest absolute Gasteiger partial charge is 0.255 e. The summed E-state index contributed by atoms with van der Waals surface area (Å²) in [7, 11) is 0. The molecule has 1 aliphatic rings. The number of hydrogen-bond acceptors (Lipinski definition) is 3. The van der Waals surface area contributed by atoms with Crippen molar-refractivity contribution in [3.05, 3.63) is 28.2 Å². The highest BCUT2D eigenvalue weighted by Gasteiger charge is 2.26. The van der Waals surface area contributed by atoms with Crippen molar-refractivity contribution in [2.45, 2.75) is 25.5 Å². The Kier molecular flexibility index (Phi) is 3.69. The van der Waals surface area contributed by atoms with Gasteiger partial charge in [-0.25, -0.2) is 0 Å². The quantitative estimate of drug-likeness (QED) is 0.879. The van der Waals surface area contributed by atoms with Gasteiger partial charge in [0.25, 0.3) is 5.91 Å². The van der Waals surface area contributed by atoms with Crippen LogP contribution < -0.4 is 5.32 Å². The zero-order chi connectivity index (χ0) is 12.4. The predicted octanol–water partition coefficient (Wildman–Crippen LogP) is 2.06. The van der Waals surface area contributed by atoms with Crippen LogP contribution in [0, 0.1) is 0 Å². The molecule has 1 fully saturated rings. The third-order valence-electron chi connectivity index (χ3n) is 2.90. The fourth-order valence-corrected chi connectivity index (χ4v) is 2.22. The van der Waals surface area contributed by atoms with Gasteiger partial charge in [-0.1, -0.05) is 15.9 Å². The van der Waals surface area contributed by atoms with Crippen LogP contribution in [-0.2, 0) is 4.74 Å². The Morgan fingerprint density at radius 2 is 2.35 bits per heavy atom. The molecule has 2 rings (SSSR count). The van der Waals surface area contributed by atoms with Gasteiger partial charge in [-0.3, -0.25) is 4.79 Å². The molecule has 0 radical (unpaired) electrons. The van der Waals surface area contributed by atoms with E-state index < -0.39 is 0 Å². The molecule has 4 nitrogen and oxygen atoms in total. The molecular formula is C12H14BrNO3. The summed E-state index contributed by atoms with van der Waals surface area (Å²) in [6.07, 6.45) is 0.829. The van der Waals surface area contributed by atoms with Crippen LogP contribution in [0.1, 0.15) is 23.7 Å². The number of ether oxygens (including phenoxy) is 1. The van der Waals surface area contributed by atoms with E-state index in [9.17, 15) is 9.90 Å². The number of rotatable bonds is 2. The van der Waals surface area contributed by atoms with Crippen molar-refractivity contribution in [2.75, 3.05) is 6.61 Å². The molecule has 17 heavy (non-hydrogen) atoms. The number of carbonyl (C=O) groups is 1. The van der Waals surface area contributed by atoms with Crippen LogP contribution in [0.3, 0.4) is 0 Å². The van der Waals surface area contributed by atoms with Crippen LogP contribution in [-0.4, -0.2) is 29.8 Å². The number of benzene rings is 1. The molecule has 2 N–H and O–H groups in total. The monoisotopic (exact) mass is 299 g/mol. The number of nitrogens with one attached hydrogen (secondary N) is 1. The molecular weight excluding hydrogens is 286 g/mol. The first-order valence-electron chi connectivity index (χ1n) is 5.49. The molecule has 0 spiro atoms. The third kappa shape index (κ3) is 2.79. The first-order chi connectivity index (χ1) is 8.08. The van der Waals surface area contributed by atoms with Gasteiger partial charge in [0.15, 0.2) is 0 Å². The average Bonchev–Trinajstić information content (AvgIpc) is 2.68. The number of carbonyl (C=O) groups excluding carboxylic acids is 1. The van der Waals surface area contributed by atoms with E-state index in [1.165, 1.54) is 6.07 Å². The lowest BCUT2D eigenvalue weighted by atomic mass is 10.1. The van der Waals surface area contributed by atoms with Crippen molar-refractivity contribution in [1.82, 2.24) is 5.32 Å². The van der Waals surface area contributed by atoms with Crippen LogP contribution in [0.25, 0.3) is 0 Å². The summed E-state index contributed by atoms with van der Waals surface area (Å²) in [5.41, 5.74) is 0.276. The maximum Gasteiger partial charge on any atom is 0.255 e. The number of phenols is 1. The second kappa shape index (κ2) is 5.06. The maximum absolute atomic E-state index is 12.0. The van der Waals surface area contributed by atoms with Crippen molar-refractivity contribution < 1.29 is 14.6 Å². The molecule has 0 bridgehead atoms. The van der Waals surface area contributed by atoms with Crippen molar-refractivity contribution >= 4 is 21.8 Å². The minimum absolute atomic E-state index is 0.0147. The van der Waals surface area contributed by atoms with Crippen LogP contribution >= 0.6 is 15.9 Å². The van der Waals surface area contributed by atoms with E-state index in [-0.39, 0.29) is 29.4 Å². The molecule has 5 heteroatoms. The SMILES string of the molecule is CC1OCCC1NC(=O)c1cc(Br)ccc1O. The van der Waals surface area contributed by atoms with E-state index >= 15 is 0 Å². The topological polar surface area (TPSA) is 58.6 Å². The van der Waals surface area contributed by atoms with Gasteiger partial charge < -0.3 is 15.2 Å². The normalized spacial score (nSPS) is 23.6. The van der Waals surface area contributed by atoms with Gasteiger partial charge >= 0.3 is 0 Å². The van der Waals surface area contributed by atoms with Crippen LogP contribution in [0.5, 0.6) is 5.75 Å². The summed E-state index contributed by atoms with van der Waals surface area (Å²) in [5, 5.41) is 12.5. The molecule has 0 aromatic heterocycles. The average molecular weight is 300 g/mol. The molecule has 2 unspecified atom stereocenters. The highest BCUT2D eigenvalue weighted by Crippen LogP contribution is 2.22. The van der Waals surface area contributed by atoms with Crippen LogP contribution in [0.4, 0.5) is 0 Å². The van der Waals surface area contributed by atoms with E-state index in [2.05, 4.69) is 21.2 Å². The van der Waals surface area contributed by atoms with Gasteiger partial charge in [0.1, 0.15) is 5.75 Å². The molecule has 1 aromatic carbocycles. The van der Waals surface area contributed by atoms with Gasteiger partial charge in [-0.15, -0.1) is 0 Å². The summed E-state index contributed by atoms with van der Waals surface area (Å²) in [5.74, 6) is -0.289. The van der Waals surface area contributed by atoms with E-state index in [0.29, 0.717) is 6.61 Å². The fraction of sp³-hybridized carbons (Fsp3) is 0.417.